The van der Waals surface area contributed by atoms with Crippen LogP contribution in [0.15, 0.2) is 0 Å². The van der Waals surface area contributed by atoms with Crippen LogP contribution in [0.1, 0.15) is 71.6 Å². The molecular weight excluding hydrogens is 194 g/mol. The van der Waals surface area contributed by atoms with E-state index in [1.165, 1.54) is 64.3 Å². The van der Waals surface area contributed by atoms with Crippen LogP contribution in [0.2, 0.25) is 0 Å². The van der Waals surface area contributed by atoms with E-state index in [-0.39, 0.29) is 0 Å². The Hall–Kier alpha value is -0.0400. The minimum atomic E-state index is 0.538. The molecule has 2 fully saturated rings. The van der Waals surface area contributed by atoms with Crippen molar-refractivity contribution in [1.29, 1.82) is 0 Å². The summed E-state index contributed by atoms with van der Waals surface area (Å²) >= 11 is 0. The highest BCUT2D eigenvalue weighted by molar-refractivity contribution is 5.01. The van der Waals surface area contributed by atoms with Crippen LogP contribution < -0.4 is 5.32 Å². The Morgan fingerprint density at radius 3 is 2.56 bits per heavy atom. The molecule has 1 aliphatic carbocycles. The molecule has 0 bridgehead atoms. The van der Waals surface area contributed by atoms with Gasteiger partial charge in [-0.25, -0.2) is 0 Å². The third-order valence-corrected chi connectivity index (χ3v) is 5.12. The zero-order valence-corrected chi connectivity index (χ0v) is 11.2. The summed E-state index contributed by atoms with van der Waals surface area (Å²) in [5.41, 5.74) is 0.538. The first-order valence-corrected chi connectivity index (χ1v) is 7.57. The van der Waals surface area contributed by atoms with Gasteiger partial charge in [-0.15, -0.1) is 0 Å². The minimum absolute atomic E-state index is 0.538. The number of hydrogen-bond acceptors (Lipinski definition) is 1. The van der Waals surface area contributed by atoms with Gasteiger partial charge in [0.1, 0.15) is 0 Å². The van der Waals surface area contributed by atoms with E-state index in [2.05, 4.69) is 19.2 Å². The molecule has 1 nitrogen and oxygen atoms in total. The van der Waals surface area contributed by atoms with Crippen molar-refractivity contribution >= 4 is 0 Å². The van der Waals surface area contributed by atoms with Gasteiger partial charge >= 0.3 is 0 Å². The molecule has 1 saturated heterocycles. The fourth-order valence-electron chi connectivity index (χ4n) is 4.41. The molecule has 94 valence electrons. The summed E-state index contributed by atoms with van der Waals surface area (Å²) in [5.74, 6) is 1.99. The Bertz CT molecular complexity index is 205. The second-order valence-electron chi connectivity index (χ2n) is 6.00. The molecule has 0 aromatic heterocycles. The van der Waals surface area contributed by atoms with Gasteiger partial charge in [0.25, 0.3) is 0 Å². The van der Waals surface area contributed by atoms with E-state index in [9.17, 15) is 0 Å². The van der Waals surface area contributed by atoms with Crippen LogP contribution >= 0.6 is 0 Å². The van der Waals surface area contributed by atoms with Gasteiger partial charge in [-0.3, -0.25) is 0 Å². The molecule has 1 heterocycles. The van der Waals surface area contributed by atoms with Crippen molar-refractivity contribution in [2.75, 3.05) is 6.54 Å². The van der Waals surface area contributed by atoms with Gasteiger partial charge in [0.05, 0.1) is 0 Å². The van der Waals surface area contributed by atoms with E-state index in [0.717, 1.165) is 11.8 Å². The van der Waals surface area contributed by atoms with Gasteiger partial charge in [0.15, 0.2) is 0 Å². The Balaban J connectivity index is 2.10. The third-order valence-electron chi connectivity index (χ3n) is 5.12. The molecule has 1 aliphatic heterocycles. The summed E-state index contributed by atoms with van der Waals surface area (Å²) in [5, 5.41) is 3.91. The molecule has 3 atom stereocenters. The van der Waals surface area contributed by atoms with Crippen molar-refractivity contribution in [3.8, 4) is 0 Å². The fraction of sp³-hybridized carbons (Fsp3) is 1.00. The average molecular weight is 223 g/mol. The van der Waals surface area contributed by atoms with Crippen molar-refractivity contribution in [3.63, 3.8) is 0 Å². The Labute approximate surface area is 101 Å². The van der Waals surface area contributed by atoms with Crippen molar-refractivity contribution in [2.24, 2.45) is 11.8 Å². The Morgan fingerprint density at radius 1 is 1.12 bits per heavy atom. The summed E-state index contributed by atoms with van der Waals surface area (Å²) in [6.07, 6.45) is 13.0. The van der Waals surface area contributed by atoms with Gasteiger partial charge in [-0.1, -0.05) is 46.0 Å². The number of nitrogens with one attached hydrogen (secondary N) is 1. The predicted octanol–water partition coefficient (Wildman–Crippen LogP) is 4.13. The summed E-state index contributed by atoms with van der Waals surface area (Å²) in [7, 11) is 0. The van der Waals surface area contributed by atoms with Gasteiger partial charge in [0, 0.05) is 5.54 Å². The summed E-state index contributed by atoms with van der Waals surface area (Å²) in [6, 6.07) is 0. The smallest absolute Gasteiger partial charge is 0.0212 e. The second kappa shape index (κ2) is 5.53. The zero-order valence-electron chi connectivity index (χ0n) is 11.2. The maximum absolute atomic E-state index is 3.91. The first kappa shape index (κ1) is 12.4. The SMILES string of the molecule is CCCC1(C2CCCCC2CC)CCCN1. The summed E-state index contributed by atoms with van der Waals surface area (Å²) < 4.78 is 0. The molecule has 1 saturated carbocycles. The highest BCUT2D eigenvalue weighted by Gasteiger charge is 2.43. The predicted molar refractivity (Wildman–Crippen MR) is 70.6 cm³/mol. The standard InChI is InChI=1S/C15H29N/c1-3-10-15(11-7-12-16-15)14-9-6-5-8-13(14)4-2/h13-14,16H,3-12H2,1-2H3. The molecule has 0 aromatic carbocycles. The van der Waals surface area contributed by atoms with Crippen LogP contribution in [0.25, 0.3) is 0 Å². The molecule has 0 radical (unpaired) electrons. The van der Waals surface area contributed by atoms with Crippen molar-refractivity contribution in [2.45, 2.75) is 77.2 Å². The van der Waals surface area contributed by atoms with E-state index in [0.29, 0.717) is 5.54 Å². The highest BCUT2D eigenvalue weighted by Crippen LogP contribution is 2.44. The van der Waals surface area contributed by atoms with E-state index < -0.39 is 0 Å². The molecule has 1 N–H and O–H groups in total. The van der Waals surface area contributed by atoms with Crippen molar-refractivity contribution < 1.29 is 0 Å². The van der Waals surface area contributed by atoms with Crippen LogP contribution in [-0.4, -0.2) is 12.1 Å². The highest BCUT2D eigenvalue weighted by atomic mass is 15.0. The largest absolute Gasteiger partial charge is 0.311 e. The second-order valence-corrected chi connectivity index (χ2v) is 6.00. The quantitative estimate of drug-likeness (QED) is 0.756. The average Bonchev–Trinajstić information content (AvgIpc) is 2.79. The monoisotopic (exact) mass is 223 g/mol. The van der Waals surface area contributed by atoms with Gasteiger partial charge < -0.3 is 5.32 Å². The molecule has 16 heavy (non-hydrogen) atoms. The molecule has 1 heteroatoms. The molecule has 0 aromatic rings. The lowest BCUT2D eigenvalue weighted by Crippen LogP contribution is -2.50. The zero-order chi connectivity index (χ0) is 11.4. The van der Waals surface area contributed by atoms with E-state index in [4.69, 9.17) is 0 Å². The van der Waals surface area contributed by atoms with Crippen molar-refractivity contribution in [3.05, 3.63) is 0 Å². The maximum atomic E-state index is 3.91. The van der Waals surface area contributed by atoms with Gasteiger partial charge in [-0.2, -0.15) is 0 Å². The molecular formula is C15H29N. The lowest BCUT2D eigenvalue weighted by atomic mass is 9.65. The molecule has 0 amide bonds. The van der Waals surface area contributed by atoms with Crippen molar-refractivity contribution in [1.82, 2.24) is 5.32 Å². The van der Waals surface area contributed by atoms with Crippen LogP contribution in [0.3, 0.4) is 0 Å². The maximum Gasteiger partial charge on any atom is 0.0212 e. The topological polar surface area (TPSA) is 12.0 Å². The van der Waals surface area contributed by atoms with Gasteiger partial charge in [0.2, 0.25) is 0 Å². The normalized spacial score (nSPS) is 40.1. The Kier molecular flexibility index (Phi) is 4.29. The van der Waals surface area contributed by atoms with Crippen LogP contribution in [0.5, 0.6) is 0 Å². The molecule has 0 spiro atoms. The Morgan fingerprint density at radius 2 is 1.94 bits per heavy atom. The first-order chi connectivity index (χ1) is 7.82. The summed E-state index contributed by atoms with van der Waals surface area (Å²) in [4.78, 5) is 0. The molecule has 2 rings (SSSR count). The molecule has 3 unspecified atom stereocenters. The van der Waals surface area contributed by atoms with E-state index in [1.54, 1.807) is 0 Å². The first-order valence-electron chi connectivity index (χ1n) is 7.57. The van der Waals surface area contributed by atoms with Gasteiger partial charge in [-0.05, 0) is 44.1 Å². The number of hydrogen-bond donors (Lipinski definition) is 1. The third kappa shape index (κ3) is 2.30. The summed E-state index contributed by atoms with van der Waals surface area (Å²) in [6.45, 7) is 6.02. The lowest BCUT2D eigenvalue weighted by Gasteiger charge is -2.45. The van der Waals surface area contributed by atoms with Crippen LogP contribution in [0, 0.1) is 11.8 Å². The van der Waals surface area contributed by atoms with Crippen LogP contribution in [-0.2, 0) is 0 Å². The van der Waals surface area contributed by atoms with E-state index >= 15 is 0 Å². The lowest BCUT2D eigenvalue weighted by molar-refractivity contribution is 0.103. The van der Waals surface area contributed by atoms with E-state index in [1.807, 2.05) is 0 Å². The fourth-order valence-corrected chi connectivity index (χ4v) is 4.41. The minimum Gasteiger partial charge on any atom is -0.311 e. The van der Waals surface area contributed by atoms with Crippen LogP contribution in [0.4, 0.5) is 0 Å². The molecule has 2 aliphatic rings. The number of rotatable bonds is 4.